The van der Waals surface area contributed by atoms with Gasteiger partial charge >= 0.3 is 0 Å². The standard InChI is InChI=1S/C16H21NO/c18-15-11-17(12-15)16-9-5-4-8-14(16)10-13-6-2-1-3-7-13/h1-3,6-7,10,15-16,18H,4-5,8-9,11-12H2/b14-10-. The summed E-state index contributed by atoms with van der Waals surface area (Å²) in [7, 11) is 0. The molecule has 2 nitrogen and oxygen atoms in total. The van der Waals surface area contributed by atoms with E-state index in [9.17, 15) is 5.11 Å². The van der Waals surface area contributed by atoms with Crippen LogP contribution < -0.4 is 0 Å². The van der Waals surface area contributed by atoms with E-state index in [4.69, 9.17) is 0 Å². The Bertz CT molecular complexity index is 420. The Balaban J connectivity index is 1.77. The molecule has 1 N–H and O–H groups in total. The lowest BCUT2D eigenvalue weighted by molar-refractivity contribution is -0.0209. The average molecular weight is 243 g/mol. The molecule has 1 heterocycles. The van der Waals surface area contributed by atoms with Gasteiger partial charge in [0, 0.05) is 19.1 Å². The summed E-state index contributed by atoms with van der Waals surface area (Å²) in [6.45, 7) is 1.72. The maximum Gasteiger partial charge on any atom is 0.0794 e. The van der Waals surface area contributed by atoms with E-state index < -0.39 is 0 Å². The number of nitrogens with zero attached hydrogens (tertiary/aromatic N) is 1. The second-order valence-electron chi connectivity index (χ2n) is 5.50. The maximum atomic E-state index is 9.46. The highest BCUT2D eigenvalue weighted by Crippen LogP contribution is 2.31. The minimum absolute atomic E-state index is 0.0927. The van der Waals surface area contributed by atoms with Gasteiger partial charge in [-0.15, -0.1) is 0 Å². The van der Waals surface area contributed by atoms with E-state index in [0.717, 1.165) is 13.1 Å². The molecule has 2 aliphatic rings. The molecule has 1 saturated carbocycles. The Labute approximate surface area is 109 Å². The molecule has 1 aromatic carbocycles. The van der Waals surface area contributed by atoms with Crippen molar-refractivity contribution in [2.45, 2.75) is 37.8 Å². The van der Waals surface area contributed by atoms with Crippen LogP contribution in [0.25, 0.3) is 6.08 Å². The van der Waals surface area contributed by atoms with Gasteiger partial charge in [0.05, 0.1) is 6.10 Å². The first-order chi connectivity index (χ1) is 8.83. The monoisotopic (exact) mass is 243 g/mol. The molecule has 0 aromatic heterocycles. The summed E-state index contributed by atoms with van der Waals surface area (Å²) in [6.07, 6.45) is 7.37. The van der Waals surface area contributed by atoms with E-state index in [1.165, 1.54) is 31.2 Å². The van der Waals surface area contributed by atoms with Crippen LogP contribution in [0.5, 0.6) is 0 Å². The predicted octanol–water partition coefficient (Wildman–Crippen LogP) is 2.69. The molecule has 96 valence electrons. The maximum absolute atomic E-state index is 9.46. The molecule has 1 unspecified atom stereocenters. The fraction of sp³-hybridized carbons (Fsp3) is 0.500. The topological polar surface area (TPSA) is 23.5 Å². The minimum atomic E-state index is -0.0927. The third-order valence-electron chi connectivity index (χ3n) is 4.10. The molecule has 1 aliphatic heterocycles. The van der Waals surface area contributed by atoms with Crippen LogP contribution in [0.3, 0.4) is 0 Å². The molecule has 1 aliphatic carbocycles. The first-order valence-corrected chi connectivity index (χ1v) is 7.00. The number of aliphatic hydroxyl groups is 1. The summed E-state index contributed by atoms with van der Waals surface area (Å²) in [4.78, 5) is 2.43. The quantitative estimate of drug-likeness (QED) is 0.863. The SMILES string of the molecule is OC1CN(C2CCCC/C2=C/c2ccccc2)C1. The second kappa shape index (κ2) is 5.25. The van der Waals surface area contributed by atoms with Crippen molar-refractivity contribution in [1.82, 2.24) is 4.90 Å². The van der Waals surface area contributed by atoms with Gasteiger partial charge in [0.25, 0.3) is 0 Å². The Hall–Kier alpha value is -1.12. The molecule has 1 aromatic rings. The van der Waals surface area contributed by atoms with Crippen molar-refractivity contribution in [3.8, 4) is 0 Å². The summed E-state index contributed by atoms with van der Waals surface area (Å²) >= 11 is 0. The van der Waals surface area contributed by atoms with Crippen molar-refractivity contribution in [1.29, 1.82) is 0 Å². The summed E-state index contributed by atoms with van der Waals surface area (Å²) in [5.74, 6) is 0. The van der Waals surface area contributed by atoms with Gasteiger partial charge in [-0.25, -0.2) is 0 Å². The summed E-state index contributed by atoms with van der Waals surface area (Å²) in [5, 5.41) is 9.46. The fourth-order valence-electron chi connectivity index (χ4n) is 3.11. The third kappa shape index (κ3) is 2.50. The van der Waals surface area contributed by atoms with Crippen molar-refractivity contribution >= 4 is 6.08 Å². The van der Waals surface area contributed by atoms with E-state index in [0.29, 0.717) is 6.04 Å². The number of β-amino-alcohol motifs (C(OH)–C–C–N with tert-alkyl or cyclic N) is 1. The first kappa shape index (κ1) is 11.9. The second-order valence-corrected chi connectivity index (χ2v) is 5.50. The van der Waals surface area contributed by atoms with Crippen molar-refractivity contribution in [3.63, 3.8) is 0 Å². The Morgan fingerprint density at radius 1 is 1.11 bits per heavy atom. The molecule has 1 saturated heterocycles. The molecule has 3 rings (SSSR count). The predicted molar refractivity (Wildman–Crippen MR) is 74.3 cm³/mol. The molecule has 0 spiro atoms. The van der Waals surface area contributed by atoms with Crippen molar-refractivity contribution < 1.29 is 5.11 Å². The van der Waals surface area contributed by atoms with Crippen LogP contribution in [-0.4, -0.2) is 35.2 Å². The smallest absolute Gasteiger partial charge is 0.0794 e. The molecule has 0 amide bonds. The van der Waals surface area contributed by atoms with Crippen LogP contribution >= 0.6 is 0 Å². The van der Waals surface area contributed by atoms with Gasteiger partial charge in [-0.3, -0.25) is 4.90 Å². The number of aliphatic hydroxyl groups excluding tert-OH is 1. The van der Waals surface area contributed by atoms with E-state index >= 15 is 0 Å². The largest absolute Gasteiger partial charge is 0.390 e. The van der Waals surface area contributed by atoms with Gasteiger partial charge in [-0.05, 0) is 24.8 Å². The molecule has 1 atom stereocenters. The van der Waals surface area contributed by atoms with E-state index in [-0.39, 0.29) is 6.10 Å². The number of rotatable bonds is 2. The highest BCUT2D eigenvalue weighted by molar-refractivity contribution is 5.54. The van der Waals surface area contributed by atoms with E-state index in [1.807, 2.05) is 0 Å². The Morgan fingerprint density at radius 3 is 2.61 bits per heavy atom. The third-order valence-corrected chi connectivity index (χ3v) is 4.10. The van der Waals surface area contributed by atoms with Gasteiger partial charge in [0.1, 0.15) is 0 Å². The molecule has 0 bridgehead atoms. The van der Waals surface area contributed by atoms with Crippen molar-refractivity contribution in [3.05, 3.63) is 41.5 Å². The number of benzene rings is 1. The Kier molecular flexibility index (Phi) is 3.48. The molecular weight excluding hydrogens is 222 g/mol. The van der Waals surface area contributed by atoms with Crippen molar-refractivity contribution in [2.75, 3.05) is 13.1 Å². The van der Waals surface area contributed by atoms with E-state index in [2.05, 4.69) is 41.3 Å². The zero-order chi connectivity index (χ0) is 12.4. The van der Waals surface area contributed by atoms with Crippen LogP contribution in [0, 0.1) is 0 Å². The minimum Gasteiger partial charge on any atom is -0.390 e. The lowest BCUT2D eigenvalue weighted by Gasteiger charge is -2.44. The highest BCUT2D eigenvalue weighted by atomic mass is 16.3. The highest BCUT2D eigenvalue weighted by Gasteiger charge is 2.33. The van der Waals surface area contributed by atoms with E-state index in [1.54, 1.807) is 5.57 Å². The molecular formula is C16H21NO. The van der Waals surface area contributed by atoms with Gasteiger partial charge < -0.3 is 5.11 Å². The molecule has 0 radical (unpaired) electrons. The average Bonchev–Trinajstić information content (AvgIpc) is 2.37. The van der Waals surface area contributed by atoms with Crippen LogP contribution in [-0.2, 0) is 0 Å². The molecule has 2 fully saturated rings. The van der Waals surface area contributed by atoms with Crippen molar-refractivity contribution in [2.24, 2.45) is 0 Å². The zero-order valence-electron chi connectivity index (χ0n) is 10.8. The lowest BCUT2D eigenvalue weighted by Crippen LogP contribution is -2.56. The first-order valence-electron chi connectivity index (χ1n) is 7.00. The van der Waals surface area contributed by atoms with Crippen LogP contribution in [0.2, 0.25) is 0 Å². The van der Waals surface area contributed by atoms with Crippen LogP contribution in [0.1, 0.15) is 31.2 Å². The number of hydrogen-bond acceptors (Lipinski definition) is 2. The number of hydrogen-bond donors (Lipinski definition) is 1. The van der Waals surface area contributed by atoms with Crippen LogP contribution in [0.4, 0.5) is 0 Å². The van der Waals surface area contributed by atoms with Crippen LogP contribution in [0.15, 0.2) is 35.9 Å². The lowest BCUT2D eigenvalue weighted by atomic mass is 9.86. The summed E-state index contributed by atoms with van der Waals surface area (Å²) in [5.41, 5.74) is 2.86. The normalized spacial score (nSPS) is 28.3. The van der Waals surface area contributed by atoms with Gasteiger partial charge in [0.15, 0.2) is 0 Å². The van der Waals surface area contributed by atoms with Gasteiger partial charge in [-0.1, -0.05) is 48.4 Å². The Morgan fingerprint density at radius 2 is 1.89 bits per heavy atom. The fourth-order valence-corrected chi connectivity index (χ4v) is 3.11. The molecule has 2 heteroatoms. The van der Waals surface area contributed by atoms with Gasteiger partial charge in [0.2, 0.25) is 0 Å². The summed E-state index contributed by atoms with van der Waals surface area (Å²) in [6, 6.07) is 11.2. The zero-order valence-corrected chi connectivity index (χ0v) is 10.8. The molecule has 18 heavy (non-hydrogen) atoms. The van der Waals surface area contributed by atoms with Gasteiger partial charge in [-0.2, -0.15) is 0 Å². The number of likely N-dealkylation sites (tertiary alicyclic amines) is 1. The summed E-state index contributed by atoms with van der Waals surface area (Å²) < 4.78 is 0.